The molecule has 0 aliphatic heterocycles. The third-order valence-electron chi connectivity index (χ3n) is 5.10. The van der Waals surface area contributed by atoms with Crippen molar-refractivity contribution in [2.75, 3.05) is 6.61 Å². The minimum atomic E-state index is -0.916. The van der Waals surface area contributed by atoms with Crippen molar-refractivity contribution in [3.63, 3.8) is 0 Å². The van der Waals surface area contributed by atoms with Crippen LogP contribution >= 0.6 is 0 Å². The number of hydrogen-bond acceptors (Lipinski definition) is 2. The first-order valence-corrected chi connectivity index (χ1v) is 11.3. The molecule has 0 aromatic rings. The summed E-state index contributed by atoms with van der Waals surface area (Å²) in [5, 5.41) is 8.73. The van der Waals surface area contributed by atoms with Gasteiger partial charge < -0.3 is 9.84 Å². The van der Waals surface area contributed by atoms with E-state index in [4.69, 9.17) is 9.84 Å². The molecule has 0 atom stereocenters. The van der Waals surface area contributed by atoms with Crippen LogP contribution in [0.1, 0.15) is 91.4 Å². The Morgan fingerprint density at radius 2 is 1.66 bits per heavy atom. The second-order valence-corrected chi connectivity index (χ2v) is 7.96. The van der Waals surface area contributed by atoms with Crippen molar-refractivity contribution in [2.45, 2.75) is 91.4 Å². The molecule has 0 saturated carbocycles. The average Bonchev–Trinajstić information content (AvgIpc) is 2.68. The molecule has 29 heavy (non-hydrogen) atoms. The van der Waals surface area contributed by atoms with Gasteiger partial charge in [0.1, 0.15) is 0 Å². The van der Waals surface area contributed by atoms with Gasteiger partial charge in [0, 0.05) is 12.5 Å². The lowest BCUT2D eigenvalue weighted by Crippen LogP contribution is -2.04. The molecular weight excluding hydrogens is 360 g/mol. The van der Waals surface area contributed by atoms with E-state index in [0.717, 1.165) is 37.0 Å². The third kappa shape index (κ3) is 12.9. The normalized spacial score (nSPS) is 16.2. The molecule has 0 heterocycles. The highest BCUT2D eigenvalue weighted by atomic mass is 16.5. The van der Waals surface area contributed by atoms with E-state index in [0.29, 0.717) is 0 Å². The predicted octanol–water partition coefficient (Wildman–Crippen LogP) is 7.67. The Morgan fingerprint density at radius 3 is 2.38 bits per heavy atom. The first kappa shape index (κ1) is 25.0. The monoisotopic (exact) mass is 400 g/mol. The average molecular weight is 401 g/mol. The summed E-state index contributed by atoms with van der Waals surface area (Å²) < 4.78 is 6.14. The predicted molar refractivity (Wildman–Crippen MR) is 123 cm³/mol. The molecule has 3 nitrogen and oxygen atoms in total. The van der Waals surface area contributed by atoms with E-state index in [1.54, 1.807) is 6.92 Å². The molecule has 0 amide bonds. The Hall–Kier alpha value is -2.03. The summed E-state index contributed by atoms with van der Waals surface area (Å²) in [5.74, 6) is 0.267. The number of unbranched alkanes of at least 4 members (excludes halogenated alkanes) is 6. The quantitative estimate of drug-likeness (QED) is 0.185. The van der Waals surface area contributed by atoms with Crippen molar-refractivity contribution in [1.29, 1.82) is 0 Å². The van der Waals surface area contributed by atoms with Crippen molar-refractivity contribution in [2.24, 2.45) is 0 Å². The standard InChI is InChI=1S/C26H40O3/c1-4-5-6-7-8-9-12-20-29-25-17-11-10-16-24(25)19-18-22(2)14-13-15-23(3)21-26(27)28/h13-15,18-19,21H,4-12,16-17,20H2,1-3H3,(H,27,28)/b15-13+,19-18+,22-14+,23-21+. The van der Waals surface area contributed by atoms with Gasteiger partial charge in [0.05, 0.1) is 12.4 Å². The largest absolute Gasteiger partial charge is 0.498 e. The molecule has 0 unspecified atom stereocenters. The van der Waals surface area contributed by atoms with Crippen LogP contribution in [0.25, 0.3) is 0 Å². The summed E-state index contributed by atoms with van der Waals surface area (Å²) in [6.45, 7) is 6.94. The summed E-state index contributed by atoms with van der Waals surface area (Å²) in [6, 6.07) is 0. The summed E-state index contributed by atoms with van der Waals surface area (Å²) in [6.07, 6.45) is 25.0. The van der Waals surface area contributed by atoms with Crippen LogP contribution in [0.2, 0.25) is 0 Å². The fraction of sp³-hybridized carbons (Fsp3) is 0.577. The maximum absolute atomic E-state index is 10.6. The molecule has 0 saturated heterocycles. The maximum Gasteiger partial charge on any atom is 0.328 e. The lowest BCUT2D eigenvalue weighted by Gasteiger charge is -2.19. The Labute approximate surface area is 177 Å². The molecule has 0 fully saturated rings. The molecule has 0 spiro atoms. The van der Waals surface area contributed by atoms with Crippen LogP contribution in [0.5, 0.6) is 0 Å². The van der Waals surface area contributed by atoms with Crippen molar-refractivity contribution < 1.29 is 14.6 Å². The van der Waals surface area contributed by atoms with Crippen molar-refractivity contribution in [1.82, 2.24) is 0 Å². The van der Waals surface area contributed by atoms with Gasteiger partial charge >= 0.3 is 5.97 Å². The molecule has 0 aromatic heterocycles. The van der Waals surface area contributed by atoms with Crippen LogP contribution < -0.4 is 0 Å². The number of carbonyl (C=O) groups is 1. The third-order valence-corrected chi connectivity index (χ3v) is 5.10. The van der Waals surface area contributed by atoms with E-state index >= 15 is 0 Å². The van der Waals surface area contributed by atoms with Gasteiger partial charge in [-0.15, -0.1) is 0 Å². The van der Waals surface area contributed by atoms with Gasteiger partial charge in [0.2, 0.25) is 0 Å². The number of rotatable bonds is 14. The first-order chi connectivity index (χ1) is 14.0. The van der Waals surface area contributed by atoms with Crippen LogP contribution in [-0.2, 0) is 9.53 Å². The molecule has 0 radical (unpaired) electrons. The van der Waals surface area contributed by atoms with Gasteiger partial charge in [-0.2, -0.15) is 0 Å². The Balaban J connectivity index is 2.48. The fourth-order valence-electron chi connectivity index (χ4n) is 3.38. The summed E-state index contributed by atoms with van der Waals surface area (Å²) >= 11 is 0. The van der Waals surface area contributed by atoms with Crippen LogP contribution in [0, 0.1) is 0 Å². The van der Waals surface area contributed by atoms with Gasteiger partial charge in [-0.1, -0.05) is 81.4 Å². The Kier molecular flexibility index (Phi) is 13.7. The van der Waals surface area contributed by atoms with E-state index in [9.17, 15) is 4.79 Å². The second-order valence-electron chi connectivity index (χ2n) is 7.96. The first-order valence-electron chi connectivity index (χ1n) is 11.3. The SMILES string of the molecule is CCCCCCCCCOC1=C(/C=C/C(C)=C/C=C/C(C)=C/C(=O)O)CCCC1. The zero-order valence-electron chi connectivity index (χ0n) is 18.7. The van der Waals surface area contributed by atoms with Crippen LogP contribution in [0.3, 0.4) is 0 Å². The molecule has 0 bridgehead atoms. The molecule has 1 aliphatic carbocycles. The van der Waals surface area contributed by atoms with Crippen LogP contribution in [0.15, 0.2) is 58.9 Å². The fourth-order valence-corrected chi connectivity index (χ4v) is 3.38. The second kappa shape index (κ2) is 15.8. The van der Waals surface area contributed by atoms with Gasteiger partial charge in [-0.3, -0.25) is 0 Å². The van der Waals surface area contributed by atoms with Gasteiger partial charge in [-0.05, 0) is 50.7 Å². The zero-order chi connectivity index (χ0) is 21.3. The molecule has 0 aromatic carbocycles. The molecule has 1 aliphatic rings. The minimum Gasteiger partial charge on any atom is -0.498 e. The Morgan fingerprint density at radius 1 is 0.966 bits per heavy atom. The van der Waals surface area contributed by atoms with E-state index in [-0.39, 0.29) is 0 Å². The highest BCUT2D eigenvalue weighted by molar-refractivity contribution is 5.81. The lowest BCUT2D eigenvalue weighted by atomic mass is 9.96. The summed E-state index contributed by atoms with van der Waals surface area (Å²) in [5.41, 5.74) is 3.19. The van der Waals surface area contributed by atoms with Crippen molar-refractivity contribution in [3.8, 4) is 0 Å². The molecule has 3 heteroatoms. The number of aliphatic carboxylic acids is 1. The molecule has 1 N–H and O–H groups in total. The molecule has 162 valence electrons. The van der Waals surface area contributed by atoms with Crippen LogP contribution in [-0.4, -0.2) is 17.7 Å². The van der Waals surface area contributed by atoms with Crippen molar-refractivity contribution >= 4 is 5.97 Å². The topological polar surface area (TPSA) is 46.5 Å². The minimum absolute atomic E-state index is 0.724. The molecule has 1 rings (SSSR count). The summed E-state index contributed by atoms with van der Waals surface area (Å²) in [4.78, 5) is 10.6. The highest BCUT2D eigenvalue weighted by Gasteiger charge is 2.11. The highest BCUT2D eigenvalue weighted by Crippen LogP contribution is 2.27. The number of carboxylic acid groups (broad SMARTS) is 1. The van der Waals surface area contributed by atoms with Gasteiger partial charge in [0.15, 0.2) is 0 Å². The number of carboxylic acids is 1. The van der Waals surface area contributed by atoms with E-state index in [1.807, 2.05) is 18.2 Å². The van der Waals surface area contributed by atoms with E-state index in [2.05, 4.69) is 26.0 Å². The van der Waals surface area contributed by atoms with Crippen LogP contribution in [0.4, 0.5) is 0 Å². The number of hydrogen-bond donors (Lipinski definition) is 1. The lowest BCUT2D eigenvalue weighted by molar-refractivity contribution is -0.131. The van der Waals surface area contributed by atoms with Crippen molar-refractivity contribution in [3.05, 3.63) is 58.9 Å². The Bertz CT molecular complexity index is 632. The number of allylic oxidation sites excluding steroid dienone is 9. The van der Waals surface area contributed by atoms with E-state index < -0.39 is 5.97 Å². The smallest absolute Gasteiger partial charge is 0.328 e. The maximum atomic E-state index is 10.6. The zero-order valence-corrected chi connectivity index (χ0v) is 18.7. The van der Waals surface area contributed by atoms with Gasteiger partial charge in [0.25, 0.3) is 0 Å². The summed E-state index contributed by atoms with van der Waals surface area (Å²) in [7, 11) is 0. The number of ether oxygens (including phenoxy) is 1. The molecular formula is C26H40O3. The van der Waals surface area contributed by atoms with Gasteiger partial charge in [-0.25, -0.2) is 4.79 Å². The van der Waals surface area contributed by atoms with E-state index in [1.165, 1.54) is 68.8 Å².